The highest BCUT2D eigenvalue weighted by Gasteiger charge is 2.25. The Morgan fingerprint density at radius 2 is 1.94 bits per heavy atom. The summed E-state index contributed by atoms with van der Waals surface area (Å²) >= 11 is 1.39. The first-order valence-electron chi connectivity index (χ1n) is 10.5. The molecule has 1 atom stereocenters. The number of halogens is 1. The molecule has 0 bridgehead atoms. The minimum Gasteiger partial charge on any atom is -0.492 e. The van der Waals surface area contributed by atoms with Gasteiger partial charge in [-0.1, -0.05) is 54.2 Å². The Bertz CT molecular complexity index is 1250. The summed E-state index contributed by atoms with van der Waals surface area (Å²) in [4.78, 5) is 0. The fourth-order valence-corrected chi connectivity index (χ4v) is 4.48. The zero-order valence-electron chi connectivity index (χ0n) is 17.8. The average molecular weight is 465 g/mol. The van der Waals surface area contributed by atoms with Gasteiger partial charge in [-0.3, -0.25) is 0 Å². The normalized spacial score (nSPS) is 15.0. The van der Waals surface area contributed by atoms with Gasteiger partial charge in [0.2, 0.25) is 11.4 Å². The van der Waals surface area contributed by atoms with Crippen molar-refractivity contribution in [2.45, 2.75) is 30.7 Å². The number of tetrazole rings is 1. The van der Waals surface area contributed by atoms with E-state index in [2.05, 4.69) is 15.5 Å². The highest BCUT2D eigenvalue weighted by molar-refractivity contribution is 7.98. The smallest absolute Gasteiger partial charge is 0.227 e. The molecule has 0 aliphatic carbocycles. The Hall–Kier alpha value is -3.43. The third kappa shape index (κ3) is 4.55. The van der Waals surface area contributed by atoms with Crippen LogP contribution in [0.3, 0.4) is 0 Å². The molecule has 3 aromatic carbocycles. The summed E-state index contributed by atoms with van der Waals surface area (Å²) in [5, 5.41) is 12.7. The summed E-state index contributed by atoms with van der Waals surface area (Å²) in [6, 6.07) is 20.2. The molecule has 0 fully saturated rings. The second kappa shape index (κ2) is 9.60. The highest BCUT2D eigenvalue weighted by atomic mass is 32.2. The maximum Gasteiger partial charge on any atom is 0.227 e. The van der Waals surface area contributed by atoms with Gasteiger partial charge < -0.3 is 14.2 Å². The van der Waals surface area contributed by atoms with Crippen molar-refractivity contribution in [1.82, 2.24) is 20.2 Å². The van der Waals surface area contributed by atoms with Crippen LogP contribution >= 0.6 is 11.8 Å². The maximum atomic E-state index is 14.3. The van der Waals surface area contributed by atoms with E-state index in [1.165, 1.54) is 23.9 Å². The van der Waals surface area contributed by atoms with Gasteiger partial charge in [0.05, 0.1) is 13.2 Å². The van der Waals surface area contributed by atoms with Gasteiger partial charge in [0.15, 0.2) is 0 Å². The molecular weight excluding hydrogens is 443 g/mol. The molecular formula is C24H21FN4O3S. The topological polar surface area (TPSA) is 71.3 Å². The van der Waals surface area contributed by atoms with Crippen LogP contribution < -0.4 is 9.47 Å². The molecule has 0 spiro atoms. The Balaban J connectivity index is 1.40. The standard InChI is InChI=1S/C24H21FN4O3S/c1-2-30-21-11-7-6-10-20(21)29-24(26-27-28-29)33-15-18-13-19(25)12-17-14-31-23(32-22(17)18)16-8-4-3-5-9-16/h3-13,23H,2,14-15H2,1H3. The quantitative estimate of drug-likeness (QED) is 0.352. The molecule has 2 heterocycles. The molecule has 33 heavy (non-hydrogen) atoms. The molecule has 0 N–H and O–H groups in total. The number of hydrogen-bond donors (Lipinski definition) is 0. The number of aromatic nitrogens is 4. The lowest BCUT2D eigenvalue weighted by Crippen LogP contribution is -2.19. The first kappa shape index (κ1) is 21.4. The number of rotatable bonds is 7. The molecule has 1 aliphatic heterocycles. The van der Waals surface area contributed by atoms with Crippen LogP contribution in [0.15, 0.2) is 71.9 Å². The third-order valence-corrected chi connectivity index (χ3v) is 6.05. The summed E-state index contributed by atoms with van der Waals surface area (Å²) in [5.41, 5.74) is 3.04. The van der Waals surface area contributed by atoms with Crippen LogP contribution in [0.2, 0.25) is 0 Å². The predicted octanol–water partition coefficient (Wildman–Crippen LogP) is 5.10. The molecule has 1 aliphatic rings. The van der Waals surface area contributed by atoms with Crippen molar-refractivity contribution in [2.24, 2.45) is 0 Å². The Morgan fingerprint density at radius 1 is 1.12 bits per heavy atom. The summed E-state index contributed by atoms with van der Waals surface area (Å²) in [5.74, 6) is 1.40. The third-order valence-electron chi connectivity index (χ3n) is 5.09. The van der Waals surface area contributed by atoms with Crippen molar-refractivity contribution in [3.05, 3.63) is 89.2 Å². The van der Waals surface area contributed by atoms with E-state index in [0.717, 1.165) is 11.3 Å². The van der Waals surface area contributed by atoms with Crippen molar-refractivity contribution >= 4 is 11.8 Å². The molecule has 1 aromatic heterocycles. The van der Waals surface area contributed by atoms with E-state index in [0.29, 0.717) is 40.1 Å². The van der Waals surface area contributed by atoms with E-state index < -0.39 is 6.29 Å². The fraction of sp³-hybridized carbons (Fsp3) is 0.208. The average Bonchev–Trinajstić information content (AvgIpc) is 3.32. The Labute approximate surface area is 194 Å². The first-order valence-corrected chi connectivity index (χ1v) is 11.5. The Kier molecular flexibility index (Phi) is 6.23. The van der Waals surface area contributed by atoms with E-state index in [9.17, 15) is 4.39 Å². The van der Waals surface area contributed by atoms with Gasteiger partial charge in [-0.05, 0) is 41.6 Å². The lowest BCUT2D eigenvalue weighted by molar-refractivity contribution is -0.112. The molecule has 5 rings (SSSR count). The number of benzene rings is 3. The molecule has 9 heteroatoms. The fourth-order valence-electron chi connectivity index (χ4n) is 3.63. The molecule has 0 radical (unpaired) electrons. The molecule has 1 unspecified atom stereocenters. The molecule has 4 aromatic rings. The van der Waals surface area contributed by atoms with Gasteiger partial charge in [0.25, 0.3) is 0 Å². The van der Waals surface area contributed by atoms with Crippen molar-refractivity contribution in [1.29, 1.82) is 0 Å². The molecule has 7 nitrogen and oxygen atoms in total. The molecule has 0 saturated carbocycles. The van der Waals surface area contributed by atoms with Crippen LogP contribution in [0.4, 0.5) is 4.39 Å². The van der Waals surface area contributed by atoms with Crippen LogP contribution in [0.1, 0.15) is 29.9 Å². The van der Waals surface area contributed by atoms with Crippen molar-refractivity contribution < 1.29 is 18.6 Å². The number of fused-ring (bicyclic) bond motifs is 1. The number of thioether (sulfide) groups is 1. The van der Waals surface area contributed by atoms with Gasteiger partial charge >= 0.3 is 0 Å². The van der Waals surface area contributed by atoms with Crippen LogP contribution in [0, 0.1) is 5.82 Å². The van der Waals surface area contributed by atoms with Crippen molar-refractivity contribution in [3.63, 3.8) is 0 Å². The van der Waals surface area contributed by atoms with Crippen molar-refractivity contribution in [3.8, 4) is 17.2 Å². The number of para-hydroxylation sites is 2. The van der Waals surface area contributed by atoms with E-state index >= 15 is 0 Å². The van der Waals surface area contributed by atoms with Gasteiger partial charge in [-0.15, -0.1) is 5.10 Å². The predicted molar refractivity (Wildman–Crippen MR) is 121 cm³/mol. The zero-order valence-corrected chi connectivity index (χ0v) is 18.7. The summed E-state index contributed by atoms with van der Waals surface area (Å²) in [7, 11) is 0. The largest absolute Gasteiger partial charge is 0.492 e. The summed E-state index contributed by atoms with van der Waals surface area (Å²) in [6.07, 6.45) is -0.545. The van der Waals surface area contributed by atoms with Crippen LogP contribution in [-0.4, -0.2) is 26.8 Å². The molecule has 168 valence electrons. The monoisotopic (exact) mass is 464 g/mol. The molecule has 0 saturated heterocycles. The lowest BCUT2D eigenvalue weighted by Gasteiger charge is -2.28. The Morgan fingerprint density at radius 3 is 2.79 bits per heavy atom. The van der Waals surface area contributed by atoms with Crippen LogP contribution in [-0.2, 0) is 17.1 Å². The summed E-state index contributed by atoms with van der Waals surface area (Å²) < 4.78 is 33.7. The lowest BCUT2D eigenvalue weighted by atomic mass is 10.1. The number of nitrogens with zero attached hydrogens (tertiary/aromatic N) is 4. The van der Waals surface area contributed by atoms with Gasteiger partial charge in [0, 0.05) is 22.4 Å². The minimum atomic E-state index is -0.545. The summed E-state index contributed by atoms with van der Waals surface area (Å²) in [6.45, 7) is 2.72. The zero-order chi connectivity index (χ0) is 22.6. The molecule has 0 amide bonds. The first-order chi connectivity index (χ1) is 16.2. The second-order valence-electron chi connectivity index (χ2n) is 7.29. The van der Waals surface area contributed by atoms with E-state index in [-0.39, 0.29) is 12.4 Å². The highest BCUT2D eigenvalue weighted by Crippen LogP contribution is 2.39. The van der Waals surface area contributed by atoms with E-state index in [1.807, 2.05) is 61.5 Å². The van der Waals surface area contributed by atoms with Gasteiger partial charge in [-0.25, -0.2) is 4.39 Å². The van der Waals surface area contributed by atoms with E-state index in [4.69, 9.17) is 14.2 Å². The van der Waals surface area contributed by atoms with Gasteiger partial charge in [-0.2, -0.15) is 4.68 Å². The van der Waals surface area contributed by atoms with E-state index in [1.54, 1.807) is 4.68 Å². The number of ether oxygens (including phenoxy) is 3. The minimum absolute atomic E-state index is 0.268. The van der Waals surface area contributed by atoms with Crippen LogP contribution in [0.25, 0.3) is 5.69 Å². The van der Waals surface area contributed by atoms with Crippen LogP contribution in [0.5, 0.6) is 11.5 Å². The maximum absolute atomic E-state index is 14.3. The van der Waals surface area contributed by atoms with Crippen molar-refractivity contribution in [2.75, 3.05) is 6.61 Å². The SMILES string of the molecule is CCOc1ccccc1-n1nnnc1SCc1cc(F)cc2c1OC(c1ccccc1)OC2. The second-order valence-corrected chi connectivity index (χ2v) is 8.23. The van der Waals surface area contributed by atoms with Gasteiger partial charge in [0.1, 0.15) is 23.0 Å². The number of hydrogen-bond acceptors (Lipinski definition) is 7.